The molecular weight excluding hydrogens is 639 g/mol. The van der Waals surface area contributed by atoms with Gasteiger partial charge in [-0.2, -0.15) is 0 Å². The van der Waals surface area contributed by atoms with Crippen molar-refractivity contribution in [2.45, 2.75) is 82.8 Å². The first-order valence-electron chi connectivity index (χ1n) is 16.7. The maximum atomic E-state index is 14.0. The van der Waals surface area contributed by atoms with Gasteiger partial charge in [-0.3, -0.25) is 14.5 Å². The Bertz CT molecular complexity index is 1610. The Morgan fingerprint density at radius 2 is 1.74 bits per heavy atom. The van der Waals surface area contributed by atoms with Crippen LogP contribution >= 0.6 is 23.2 Å². The number of hydrogen-bond donors (Lipinski definition) is 1. The summed E-state index contributed by atoms with van der Waals surface area (Å²) < 4.78 is 14.3. The number of nitrogens with one attached hydrogen (secondary N) is 1. The van der Waals surface area contributed by atoms with E-state index >= 15 is 0 Å². The molecule has 6 rings (SSSR count). The molecule has 1 N–H and O–H groups in total. The number of nitrogens with zero attached hydrogens (tertiary/aromatic N) is 3. The van der Waals surface area contributed by atoms with Crippen LogP contribution in [0.4, 0.5) is 5.69 Å². The molecule has 252 valence electrons. The Kier molecular flexibility index (Phi) is 10.6. The van der Waals surface area contributed by atoms with E-state index in [-0.39, 0.29) is 54.5 Å². The first kappa shape index (κ1) is 33.9. The number of fused-ring (bicyclic) bond motifs is 1. The molecule has 3 aliphatic rings. The molecule has 2 saturated heterocycles. The van der Waals surface area contributed by atoms with Crippen molar-refractivity contribution in [3.63, 3.8) is 0 Å². The van der Waals surface area contributed by atoms with Gasteiger partial charge in [0.05, 0.1) is 53.7 Å². The van der Waals surface area contributed by atoms with E-state index in [1.807, 2.05) is 40.8 Å². The summed E-state index contributed by atoms with van der Waals surface area (Å²) in [7, 11) is 1.90. The summed E-state index contributed by atoms with van der Waals surface area (Å²) in [5.41, 5.74) is 2.48. The lowest BCUT2D eigenvalue weighted by atomic mass is 9.88. The fraction of sp³-hybridized carbons (Fsp3) is 0.528. The molecular formula is C36H44Cl2N4O5. The van der Waals surface area contributed by atoms with Crippen molar-refractivity contribution in [2.24, 2.45) is 13.0 Å². The van der Waals surface area contributed by atoms with Gasteiger partial charge >= 0.3 is 0 Å². The van der Waals surface area contributed by atoms with E-state index in [2.05, 4.69) is 24.1 Å². The van der Waals surface area contributed by atoms with Crippen LogP contribution in [0, 0.1) is 5.92 Å². The van der Waals surface area contributed by atoms with Gasteiger partial charge in [0.1, 0.15) is 6.29 Å². The Morgan fingerprint density at radius 3 is 2.47 bits per heavy atom. The predicted molar refractivity (Wildman–Crippen MR) is 184 cm³/mol. The molecule has 1 aromatic heterocycles. The van der Waals surface area contributed by atoms with Gasteiger partial charge in [-0.15, -0.1) is 0 Å². The normalized spacial score (nSPS) is 26.9. The van der Waals surface area contributed by atoms with Crippen molar-refractivity contribution in [1.29, 1.82) is 0 Å². The van der Waals surface area contributed by atoms with Gasteiger partial charge in [0, 0.05) is 60.8 Å². The van der Waals surface area contributed by atoms with Crippen LogP contribution in [0.1, 0.15) is 61.9 Å². The largest absolute Gasteiger partial charge is 0.376 e. The molecule has 3 heterocycles. The molecule has 2 aliphatic heterocycles. The summed E-state index contributed by atoms with van der Waals surface area (Å²) in [5.74, 6) is -0.199. The van der Waals surface area contributed by atoms with Crippen LogP contribution in [0.5, 0.6) is 0 Å². The number of anilines is 1. The minimum Gasteiger partial charge on any atom is -0.376 e. The Labute approximate surface area is 286 Å². The molecule has 0 unspecified atom stereocenters. The van der Waals surface area contributed by atoms with Gasteiger partial charge in [-0.05, 0) is 69.7 Å². The smallest absolute Gasteiger partial charge is 0.257 e. The van der Waals surface area contributed by atoms with Gasteiger partial charge in [0.15, 0.2) is 0 Å². The maximum absolute atomic E-state index is 14.0. The third-order valence-corrected chi connectivity index (χ3v) is 10.6. The number of carbonyl (C=O) groups excluding carboxylic acids is 3. The molecule has 0 spiro atoms. The summed E-state index contributed by atoms with van der Waals surface area (Å²) in [5, 5.41) is 4.42. The predicted octanol–water partition coefficient (Wildman–Crippen LogP) is 6.13. The summed E-state index contributed by atoms with van der Waals surface area (Å²) >= 11 is 13.4. The highest BCUT2D eigenvalue weighted by Crippen LogP contribution is 2.33. The van der Waals surface area contributed by atoms with E-state index in [0.29, 0.717) is 40.0 Å². The van der Waals surface area contributed by atoms with Crippen LogP contribution in [0.3, 0.4) is 0 Å². The number of rotatable bonds is 9. The fourth-order valence-electron chi connectivity index (χ4n) is 7.57. The van der Waals surface area contributed by atoms with E-state index in [1.54, 1.807) is 18.3 Å². The van der Waals surface area contributed by atoms with Crippen LogP contribution in [-0.2, 0) is 32.5 Å². The zero-order chi connectivity index (χ0) is 33.2. The van der Waals surface area contributed by atoms with Crippen molar-refractivity contribution in [3.8, 4) is 0 Å². The molecule has 0 radical (unpaired) electrons. The number of halogens is 2. The molecule has 3 fully saturated rings. The zero-order valence-corrected chi connectivity index (χ0v) is 28.8. The molecule has 4 atom stereocenters. The topological polar surface area (TPSA) is 93.1 Å². The lowest BCUT2D eigenvalue weighted by Gasteiger charge is -2.38. The highest BCUT2D eigenvalue weighted by molar-refractivity contribution is 6.36. The molecule has 2 amide bonds. The number of amides is 2. The minimum atomic E-state index is -0.291. The van der Waals surface area contributed by atoms with Crippen molar-refractivity contribution in [3.05, 3.63) is 63.8 Å². The van der Waals surface area contributed by atoms with Crippen molar-refractivity contribution in [1.82, 2.24) is 14.4 Å². The van der Waals surface area contributed by atoms with Crippen LogP contribution in [0.25, 0.3) is 10.9 Å². The molecule has 0 bridgehead atoms. The number of benzene rings is 2. The van der Waals surface area contributed by atoms with E-state index in [4.69, 9.17) is 32.7 Å². The first-order chi connectivity index (χ1) is 22.6. The van der Waals surface area contributed by atoms with E-state index < -0.39 is 0 Å². The number of morpholine rings is 1. The average molecular weight is 684 g/mol. The second kappa shape index (κ2) is 14.7. The highest BCUT2D eigenvalue weighted by Gasteiger charge is 2.40. The lowest BCUT2D eigenvalue weighted by molar-refractivity contribution is -0.133. The van der Waals surface area contributed by atoms with E-state index in [0.717, 1.165) is 62.4 Å². The summed E-state index contributed by atoms with van der Waals surface area (Å²) in [4.78, 5) is 42.8. The molecule has 1 saturated carbocycles. The lowest BCUT2D eigenvalue weighted by Crippen LogP contribution is -2.51. The van der Waals surface area contributed by atoms with Gasteiger partial charge in [-0.1, -0.05) is 41.4 Å². The van der Waals surface area contributed by atoms with Gasteiger partial charge in [-0.25, -0.2) is 0 Å². The number of aryl methyl sites for hydroxylation is 1. The third-order valence-electron chi connectivity index (χ3n) is 9.98. The number of aldehydes is 1. The van der Waals surface area contributed by atoms with Gasteiger partial charge < -0.3 is 29.1 Å². The highest BCUT2D eigenvalue weighted by atomic mass is 35.5. The monoisotopic (exact) mass is 682 g/mol. The first-order valence-corrected chi connectivity index (χ1v) is 17.4. The average Bonchev–Trinajstić information content (AvgIpc) is 3.64. The number of ether oxygens (including phenoxy) is 2. The Balaban J connectivity index is 1.15. The quantitative estimate of drug-likeness (QED) is 0.273. The number of hydrogen-bond acceptors (Lipinski definition) is 6. The molecule has 2 aromatic carbocycles. The molecule has 1 aliphatic carbocycles. The minimum absolute atomic E-state index is 0.0365. The van der Waals surface area contributed by atoms with Crippen LogP contribution in [-0.4, -0.2) is 89.1 Å². The summed E-state index contributed by atoms with van der Waals surface area (Å²) in [6.45, 7) is 6.91. The fourth-order valence-corrected chi connectivity index (χ4v) is 8.03. The standard InChI is InChI=1S/C36H44Cl2N4O5/c1-22-16-41(17-23(2)47-22)26-14-27(21-46-28-10-8-24(20-43)9-11-28)42(18-26)35(44)13-25-12-32(38)33(15-31(25)37)39-36(45)30-19-40(3)34-7-5-4-6-29(30)34/h4-7,12,15,19-20,22-24,26-28H,8-11,13-14,16-18,21H2,1-3H3,(H,39,45)/t22-,23+,24-,26-,27-,28-/m0/s1. The van der Waals surface area contributed by atoms with Gasteiger partial charge in [0.25, 0.3) is 5.91 Å². The van der Waals surface area contributed by atoms with Crippen LogP contribution < -0.4 is 5.32 Å². The van der Waals surface area contributed by atoms with Crippen molar-refractivity contribution < 1.29 is 23.9 Å². The molecule has 9 nitrogen and oxygen atoms in total. The SMILES string of the molecule is C[C@@H]1CN([C@H]2C[C@@H](CO[C@H]3CC[C@H](C=O)CC3)N(C(=O)Cc3cc(Cl)c(NC(=O)c4cn(C)c5ccccc45)cc3Cl)C2)C[C@H](C)O1. The van der Waals surface area contributed by atoms with Crippen molar-refractivity contribution in [2.75, 3.05) is 31.6 Å². The summed E-state index contributed by atoms with van der Waals surface area (Å²) in [6, 6.07) is 11.1. The molecule has 47 heavy (non-hydrogen) atoms. The van der Waals surface area contributed by atoms with Crippen LogP contribution in [0.2, 0.25) is 10.0 Å². The summed E-state index contributed by atoms with van der Waals surface area (Å²) in [6.07, 6.45) is 7.56. The van der Waals surface area contributed by atoms with Crippen LogP contribution in [0.15, 0.2) is 42.6 Å². The Morgan fingerprint density at radius 1 is 1.02 bits per heavy atom. The maximum Gasteiger partial charge on any atom is 0.257 e. The second-order valence-corrected chi connectivity index (χ2v) is 14.3. The third kappa shape index (κ3) is 7.70. The number of likely N-dealkylation sites (tertiary alicyclic amines) is 1. The number of aromatic nitrogens is 1. The van der Waals surface area contributed by atoms with E-state index in [1.165, 1.54) is 0 Å². The molecule has 11 heteroatoms. The zero-order valence-electron chi connectivity index (χ0n) is 27.3. The number of para-hydroxylation sites is 1. The van der Waals surface area contributed by atoms with Crippen molar-refractivity contribution >= 4 is 57.9 Å². The Hall–Kier alpha value is -2.95. The van der Waals surface area contributed by atoms with Gasteiger partial charge in [0.2, 0.25) is 5.91 Å². The van der Waals surface area contributed by atoms with E-state index in [9.17, 15) is 14.4 Å². The second-order valence-electron chi connectivity index (χ2n) is 13.5. The number of carbonyl (C=O) groups is 3. The molecule has 3 aromatic rings.